The van der Waals surface area contributed by atoms with Crippen molar-refractivity contribution in [3.05, 3.63) is 124 Å². The van der Waals surface area contributed by atoms with Crippen molar-refractivity contribution in [1.82, 2.24) is 14.0 Å². The zero-order valence-corrected chi connectivity index (χ0v) is 22.7. The molecule has 0 N–H and O–H groups in total. The second-order valence-electron chi connectivity index (χ2n) is 10.2. The molecule has 40 heavy (non-hydrogen) atoms. The van der Waals surface area contributed by atoms with Gasteiger partial charge in [0.2, 0.25) is 0 Å². The molecule has 6 nitrogen and oxygen atoms in total. The Hall–Kier alpha value is -4.04. The van der Waals surface area contributed by atoms with E-state index in [0.29, 0.717) is 23.8 Å². The molecule has 3 aromatic carbocycles. The number of piperidine rings is 1. The van der Waals surface area contributed by atoms with Gasteiger partial charge in [-0.3, -0.25) is 14.0 Å². The first-order valence-electron chi connectivity index (χ1n) is 13.7. The van der Waals surface area contributed by atoms with E-state index in [0.717, 1.165) is 37.6 Å². The Labute approximate surface area is 232 Å². The minimum Gasteiger partial charge on any atom is -0.465 e. The van der Waals surface area contributed by atoms with E-state index in [2.05, 4.69) is 4.90 Å². The molecule has 5 rings (SSSR count). The number of imidazole rings is 1. The van der Waals surface area contributed by atoms with Crippen LogP contribution >= 0.6 is 0 Å². The van der Waals surface area contributed by atoms with Crippen LogP contribution in [0.1, 0.15) is 61.4 Å². The highest BCUT2D eigenvalue weighted by Gasteiger charge is 2.32. The summed E-state index contributed by atoms with van der Waals surface area (Å²) in [6.07, 6.45) is 5.10. The van der Waals surface area contributed by atoms with Gasteiger partial charge in [0.15, 0.2) is 0 Å². The lowest BCUT2D eigenvalue weighted by atomic mass is 9.88. The lowest BCUT2D eigenvalue weighted by molar-refractivity contribution is -0.150. The van der Waals surface area contributed by atoms with Gasteiger partial charge in [-0.25, -0.2) is 18.4 Å². The van der Waals surface area contributed by atoms with Crippen LogP contribution in [0.25, 0.3) is 5.69 Å². The van der Waals surface area contributed by atoms with Crippen molar-refractivity contribution in [1.29, 1.82) is 0 Å². The summed E-state index contributed by atoms with van der Waals surface area (Å²) in [5.41, 5.74) is 2.94. The molecule has 0 amide bonds. The Kier molecular flexibility index (Phi) is 8.26. The highest BCUT2D eigenvalue weighted by molar-refractivity contribution is 5.77. The van der Waals surface area contributed by atoms with Gasteiger partial charge in [-0.1, -0.05) is 42.5 Å². The molecule has 8 heteroatoms. The highest BCUT2D eigenvalue weighted by Crippen LogP contribution is 2.33. The number of nitrogens with zero attached hydrogens (tertiary/aromatic N) is 3. The fraction of sp³-hybridized carbons (Fsp3) is 0.312. The Balaban J connectivity index is 1.27. The van der Waals surface area contributed by atoms with Gasteiger partial charge in [0.05, 0.1) is 18.3 Å². The van der Waals surface area contributed by atoms with Crippen molar-refractivity contribution in [2.24, 2.45) is 0 Å². The van der Waals surface area contributed by atoms with Crippen LogP contribution in [0.15, 0.2) is 90.0 Å². The first-order chi connectivity index (χ1) is 19.4. The maximum absolute atomic E-state index is 13.7. The summed E-state index contributed by atoms with van der Waals surface area (Å²) >= 11 is 0. The van der Waals surface area contributed by atoms with Crippen molar-refractivity contribution in [2.75, 3.05) is 19.7 Å². The fourth-order valence-corrected chi connectivity index (χ4v) is 5.61. The van der Waals surface area contributed by atoms with E-state index >= 15 is 0 Å². The fourth-order valence-electron chi connectivity index (χ4n) is 5.61. The van der Waals surface area contributed by atoms with Gasteiger partial charge in [-0.05, 0) is 86.7 Å². The number of ether oxygens (including phenoxy) is 1. The minimum absolute atomic E-state index is 0.217. The van der Waals surface area contributed by atoms with Crippen molar-refractivity contribution >= 4 is 5.97 Å². The smallest absolute Gasteiger partial charge is 0.333 e. The van der Waals surface area contributed by atoms with E-state index in [9.17, 15) is 18.4 Å². The minimum atomic E-state index is -0.674. The van der Waals surface area contributed by atoms with E-state index in [1.807, 2.05) is 61.5 Å². The van der Waals surface area contributed by atoms with Gasteiger partial charge in [0.1, 0.15) is 17.7 Å². The molecule has 1 aromatic heterocycles. The van der Waals surface area contributed by atoms with E-state index in [-0.39, 0.29) is 11.7 Å². The van der Waals surface area contributed by atoms with Crippen molar-refractivity contribution in [3.63, 3.8) is 0 Å². The number of hydrogen-bond donors (Lipinski definition) is 0. The monoisotopic (exact) mass is 545 g/mol. The number of likely N-dealkylation sites (tertiary alicyclic amines) is 1. The zero-order valence-electron chi connectivity index (χ0n) is 22.7. The summed E-state index contributed by atoms with van der Waals surface area (Å²) in [7, 11) is 0. The van der Waals surface area contributed by atoms with Crippen molar-refractivity contribution < 1.29 is 18.3 Å². The Morgan fingerprint density at radius 2 is 1.57 bits per heavy atom. The lowest BCUT2D eigenvalue weighted by Gasteiger charge is -2.36. The van der Waals surface area contributed by atoms with Gasteiger partial charge in [-0.2, -0.15) is 0 Å². The van der Waals surface area contributed by atoms with Crippen LogP contribution in [0.2, 0.25) is 0 Å². The van der Waals surface area contributed by atoms with Crippen LogP contribution in [0.3, 0.4) is 0 Å². The van der Waals surface area contributed by atoms with E-state index in [1.165, 1.54) is 26.8 Å². The average molecular weight is 546 g/mol. The second kappa shape index (κ2) is 12.0. The number of rotatable bonds is 8. The highest BCUT2D eigenvalue weighted by atomic mass is 19.1. The number of carbonyl (C=O) groups excluding carboxylic acids is 1. The SMILES string of the molecule is CCOC(=O)C(c1ccccc1)N1CCC(c2ccc(-n3ccn(C(C)c4cc(F)cc(F)c4)c3=O)cc2)CC1. The number of benzene rings is 3. The molecule has 4 aromatic rings. The topological polar surface area (TPSA) is 56.5 Å². The largest absolute Gasteiger partial charge is 0.465 e. The van der Waals surface area contributed by atoms with Crippen LogP contribution in [-0.2, 0) is 9.53 Å². The standard InChI is InChI=1S/C32H33F2N3O3/c1-3-40-31(38)30(25-7-5-4-6-8-25)35-15-13-24(14-16-35)23-9-11-29(12-10-23)37-18-17-36(32(37)39)22(2)26-19-27(33)21-28(34)20-26/h4-12,17-22,24,30H,3,13-16H2,1-2H3. The molecule has 0 aliphatic carbocycles. The van der Waals surface area contributed by atoms with Crippen LogP contribution in [0.5, 0.6) is 0 Å². The number of halogens is 2. The van der Waals surface area contributed by atoms with E-state index in [1.54, 1.807) is 19.3 Å². The third-order valence-corrected chi connectivity index (χ3v) is 7.75. The molecule has 1 aliphatic heterocycles. The number of esters is 1. The van der Waals surface area contributed by atoms with Gasteiger partial charge in [0.25, 0.3) is 0 Å². The molecule has 0 radical (unpaired) electrons. The van der Waals surface area contributed by atoms with Crippen LogP contribution < -0.4 is 5.69 Å². The summed E-state index contributed by atoms with van der Waals surface area (Å²) in [6, 6.07) is 20.1. The summed E-state index contributed by atoms with van der Waals surface area (Å²) in [4.78, 5) is 28.2. The number of hydrogen-bond acceptors (Lipinski definition) is 4. The van der Waals surface area contributed by atoms with Gasteiger partial charge >= 0.3 is 11.7 Å². The molecule has 2 atom stereocenters. The maximum Gasteiger partial charge on any atom is 0.333 e. The van der Waals surface area contributed by atoms with Crippen LogP contribution in [0.4, 0.5) is 8.78 Å². The van der Waals surface area contributed by atoms with Crippen molar-refractivity contribution in [3.8, 4) is 5.69 Å². The molecule has 1 saturated heterocycles. The predicted octanol–water partition coefficient (Wildman–Crippen LogP) is 6.01. The van der Waals surface area contributed by atoms with E-state index < -0.39 is 23.7 Å². The number of carbonyl (C=O) groups is 1. The van der Waals surface area contributed by atoms with Gasteiger partial charge < -0.3 is 4.74 Å². The average Bonchev–Trinajstić information content (AvgIpc) is 3.34. The first kappa shape index (κ1) is 27.5. The Morgan fingerprint density at radius 1 is 0.925 bits per heavy atom. The Morgan fingerprint density at radius 3 is 2.20 bits per heavy atom. The van der Waals surface area contributed by atoms with Crippen molar-refractivity contribution in [2.45, 2.75) is 44.7 Å². The maximum atomic E-state index is 13.7. The molecule has 1 aliphatic rings. The molecule has 0 spiro atoms. The van der Waals surface area contributed by atoms with Gasteiger partial charge in [-0.15, -0.1) is 0 Å². The quantitative estimate of drug-likeness (QED) is 0.255. The summed E-state index contributed by atoms with van der Waals surface area (Å²) < 4.78 is 35.8. The lowest BCUT2D eigenvalue weighted by Crippen LogP contribution is -2.40. The molecule has 1 fully saturated rings. The third-order valence-electron chi connectivity index (χ3n) is 7.75. The molecule has 0 bridgehead atoms. The van der Waals surface area contributed by atoms with Crippen LogP contribution in [0, 0.1) is 11.6 Å². The third kappa shape index (κ3) is 5.77. The Bertz CT molecular complexity index is 1490. The molecule has 0 saturated carbocycles. The van der Waals surface area contributed by atoms with E-state index in [4.69, 9.17) is 4.74 Å². The normalized spacial score (nSPS) is 16.0. The molecule has 2 unspecified atom stereocenters. The summed E-state index contributed by atoms with van der Waals surface area (Å²) in [6.45, 7) is 5.45. The summed E-state index contributed by atoms with van der Waals surface area (Å²) in [5, 5.41) is 0. The molecular weight excluding hydrogens is 512 g/mol. The van der Waals surface area contributed by atoms with Crippen LogP contribution in [-0.4, -0.2) is 39.7 Å². The predicted molar refractivity (Wildman–Crippen MR) is 150 cm³/mol. The number of aromatic nitrogens is 2. The molecule has 2 heterocycles. The molecule has 208 valence electrons. The van der Waals surface area contributed by atoms with Gasteiger partial charge in [0, 0.05) is 18.5 Å². The second-order valence-corrected chi connectivity index (χ2v) is 10.2. The molecular formula is C32H33F2N3O3. The zero-order chi connectivity index (χ0) is 28.2. The summed E-state index contributed by atoms with van der Waals surface area (Å²) in [5.74, 6) is -1.22. The first-order valence-corrected chi connectivity index (χ1v) is 13.7.